The van der Waals surface area contributed by atoms with Crippen LogP contribution in [0.4, 0.5) is 0 Å². The molecule has 1 heterocycles. The van der Waals surface area contributed by atoms with Crippen LogP contribution in [0.2, 0.25) is 0 Å². The third-order valence-electron chi connectivity index (χ3n) is 2.54. The predicted molar refractivity (Wildman–Crippen MR) is 71.7 cm³/mol. The van der Waals surface area contributed by atoms with Crippen molar-refractivity contribution in [3.05, 3.63) is 42.0 Å². The zero-order chi connectivity index (χ0) is 13.7. The molecule has 0 spiro atoms. The van der Waals surface area contributed by atoms with Gasteiger partial charge in [-0.1, -0.05) is 6.07 Å². The van der Waals surface area contributed by atoms with E-state index in [2.05, 4.69) is 4.98 Å². The summed E-state index contributed by atoms with van der Waals surface area (Å²) in [5.41, 5.74) is 6.56. The SMILES string of the molecule is COc1cc(CN)cc(Oc2cccc(OC)n2)c1. The molecule has 5 heteroatoms. The first-order valence-corrected chi connectivity index (χ1v) is 5.82. The monoisotopic (exact) mass is 260 g/mol. The first-order chi connectivity index (χ1) is 9.25. The summed E-state index contributed by atoms with van der Waals surface area (Å²) < 4.78 is 15.9. The molecule has 1 aromatic heterocycles. The van der Waals surface area contributed by atoms with Gasteiger partial charge in [0, 0.05) is 24.7 Å². The number of rotatable bonds is 5. The Morgan fingerprint density at radius 1 is 1.00 bits per heavy atom. The van der Waals surface area contributed by atoms with Crippen LogP contribution in [0.25, 0.3) is 0 Å². The van der Waals surface area contributed by atoms with Crippen molar-refractivity contribution < 1.29 is 14.2 Å². The molecule has 0 amide bonds. The molecule has 2 rings (SSSR count). The number of aromatic nitrogens is 1. The molecule has 19 heavy (non-hydrogen) atoms. The summed E-state index contributed by atoms with van der Waals surface area (Å²) in [5, 5.41) is 0. The highest BCUT2D eigenvalue weighted by Crippen LogP contribution is 2.27. The van der Waals surface area contributed by atoms with Crippen LogP contribution in [-0.4, -0.2) is 19.2 Å². The van der Waals surface area contributed by atoms with Crippen molar-refractivity contribution in [3.63, 3.8) is 0 Å². The number of pyridine rings is 1. The highest BCUT2D eigenvalue weighted by Gasteiger charge is 2.05. The van der Waals surface area contributed by atoms with Gasteiger partial charge < -0.3 is 19.9 Å². The summed E-state index contributed by atoms with van der Waals surface area (Å²) in [5.74, 6) is 2.27. The third-order valence-corrected chi connectivity index (χ3v) is 2.54. The lowest BCUT2D eigenvalue weighted by atomic mass is 10.2. The van der Waals surface area contributed by atoms with Crippen molar-refractivity contribution in [2.45, 2.75) is 6.54 Å². The molecule has 2 N–H and O–H groups in total. The zero-order valence-electron chi connectivity index (χ0n) is 10.9. The molecule has 5 nitrogen and oxygen atoms in total. The number of nitrogens with zero attached hydrogens (tertiary/aromatic N) is 1. The van der Waals surface area contributed by atoms with Gasteiger partial charge >= 0.3 is 0 Å². The summed E-state index contributed by atoms with van der Waals surface area (Å²) >= 11 is 0. The number of benzene rings is 1. The lowest BCUT2D eigenvalue weighted by molar-refractivity contribution is 0.381. The van der Waals surface area contributed by atoms with Crippen molar-refractivity contribution >= 4 is 0 Å². The minimum absolute atomic E-state index is 0.416. The van der Waals surface area contributed by atoms with Crippen LogP contribution in [0, 0.1) is 0 Å². The Morgan fingerprint density at radius 2 is 1.74 bits per heavy atom. The van der Waals surface area contributed by atoms with E-state index in [1.807, 2.05) is 18.2 Å². The van der Waals surface area contributed by atoms with Crippen LogP contribution < -0.4 is 19.9 Å². The van der Waals surface area contributed by atoms with Crippen LogP contribution in [0.15, 0.2) is 36.4 Å². The highest BCUT2D eigenvalue weighted by molar-refractivity contribution is 5.40. The maximum atomic E-state index is 5.68. The molecular formula is C14H16N2O3. The van der Waals surface area contributed by atoms with Gasteiger partial charge in [-0.15, -0.1) is 0 Å². The summed E-state index contributed by atoms with van der Waals surface area (Å²) in [4.78, 5) is 4.18. The van der Waals surface area contributed by atoms with Gasteiger partial charge in [0.25, 0.3) is 0 Å². The van der Waals surface area contributed by atoms with E-state index in [9.17, 15) is 0 Å². The Balaban J connectivity index is 2.26. The van der Waals surface area contributed by atoms with E-state index in [1.54, 1.807) is 32.4 Å². The number of hydrogen-bond acceptors (Lipinski definition) is 5. The van der Waals surface area contributed by atoms with Crippen LogP contribution in [-0.2, 0) is 6.54 Å². The minimum Gasteiger partial charge on any atom is -0.497 e. The summed E-state index contributed by atoms with van der Waals surface area (Å²) in [6.45, 7) is 0.416. The fraction of sp³-hybridized carbons (Fsp3) is 0.214. The highest BCUT2D eigenvalue weighted by atomic mass is 16.5. The van der Waals surface area contributed by atoms with Gasteiger partial charge in [-0.3, -0.25) is 0 Å². The van der Waals surface area contributed by atoms with E-state index in [4.69, 9.17) is 19.9 Å². The first-order valence-electron chi connectivity index (χ1n) is 5.82. The second-order valence-electron chi connectivity index (χ2n) is 3.84. The molecule has 0 fully saturated rings. The molecule has 0 atom stereocenters. The molecule has 0 aliphatic heterocycles. The van der Waals surface area contributed by atoms with E-state index < -0.39 is 0 Å². The topological polar surface area (TPSA) is 66.6 Å². The van der Waals surface area contributed by atoms with Gasteiger partial charge in [-0.25, -0.2) is 0 Å². The molecule has 0 saturated heterocycles. The van der Waals surface area contributed by atoms with Gasteiger partial charge in [0.15, 0.2) is 0 Å². The smallest absolute Gasteiger partial charge is 0.222 e. The lowest BCUT2D eigenvalue weighted by Gasteiger charge is -2.09. The van der Waals surface area contributed by atoms with Crippen LogP contribution in [0.1, 0.15) is 5.56 Å². The van der Waals surface area contributed by atoms with Crippen molar-refractivity contribution in [2.75, 3.05) is 14.2 Å². The Kier molecular flexibility index (Phi) is 4.20. The molecule has 0 bridgehead atoms. The quantitative estimate of drug-likeness (QED) is 0.893. The fourth-order valence-electron chi connectivity index (χ4n) is 1.61. The second-order valence-corrected chi connectivity index (χ2v) is 3.84. The molecule has 1 aromatic carbocycles. The number of nitrogens with two attached hydrogens (primary N) is 1. The van der Waals surface area contributed by atoms with Gasteiger partial charge in [0.2, 0.25) is 11.8 Å². The molecule has 0 radical (unpaired) electrons. The van der Waals surface area contributed by atoms with Gasteiger partial charge in [-0.2, -0.15) is 4.98 Å². The number of hydrogen-bond donors (Lipinski definition) is 1. The first kappa shape index (κ1) is 13.2. The number of methoxy groups -OCH3 is 2. The molecule has 100 valence electrons. The molecule has 0 saturated carbocycles. The van der Waals surface area contributed by atoms with Crippen molar-refractivity contribution in [3.8, 4) is 23.3 Å². The standard InChI is InChI=1S/C14H16N2O3/c1-17-11-6-10(9-15)7-12(8-11)19-14-5-3-4-13(16-14)18-2/h3-8H,9,15H2,1-2H3. The molecule has 0 aliphatic carbocycles. The summed E-state index contributed by atoms with van der Waals surface area (Å²) in [6, 6.07) is 10.8. The van der Waals surface area contributed by atoms with E-state index in [0.717, 1.165) is 5.56 Å². The average molecular weight is 260 g/mol. The van der Waals surface area contributed by atoms with Crippen LogP contribution in [0.3, 0.4) is 0 Å². The molecular weight excluding hydrogens is 244 g/mol. The maximum absolute atomic E-state index is 5.68. The van der Waals surface area contributed by atoms with Crippen molar-refractivity contribution in [1.29, 1.82) is 0 Å². The summed E-state index contributed by atoms with van der Waals surface area (Å²) in [7, 11) is 3.16. The normalized spacial score (nSPS) is 10.1. The molecule has 2 aromatic rings. The number of ether oxygens (including phenoxy) is 3. The lowest BCUT2D eigenvalue weighted by Crippen LogP contribution is -1.98. The van der Waals surface area contributed by atoms with Gasteiger partial charge in [0.1, 0.15) is 11.5 Å². The average Bonchev–Trinajstić information content (AvgIpc) is 2.47. The van der Waals surface area contributed by atoms with E-state index in [-0.39, 0.29) is 0 Å². The Hall–Kier alpha value is -2.27. The predicted octanol–water partition coefficient (Wildman–Crippen LogP) is 2.35. The zero-order valence-corrected chi connectivity index (χ0v) is 10.9. The van der Waals surface area contributed by atoms with Gasteiger partial charge in [-0.05, 0) is 17.7 Å². The molecule has 0 unspecified atom stereocenters. The third kappa shape index (κ3) is 3.35. The summed E-state index contributed by atoms with van der Waals surface area (Å²) in [6.07, 6.45) is 0. The van der Waals surface area contributed by atoms with E-state index in [0.29, 0.717) is 29.8 Å². The largest absolute Gasteiger partial charge is 0.497 e. The molecule has 0 aliphatic rings. The maximum Gasteiger partial charge on any atom is 0.222 e. The second kappa shape index (κ2) is 6.06. The van der Waals surface area contributed by atoms with Gasteiger partial charge in [0.05, 0.1) is 14.2 Å². The van der Waals surface area contributed by atoms with Crippen molar-refractivity contribution in [2.24, 2.45) is 5.73 Å². The van der Waals surface area contributed by atoms with Crippen molar-refractivity contribution in [1.82, 2.24) is 4.98 Å². The minimum atomic E-state index is 0.416. The van der Waals surface area contributed by atoms with Crippen LogP contribution >= 0.6 is 0 Å². The Labute approximate surface area is 111 Å². The van der Waals surface area contributed by atoms with E-state index >= 15 is 0 Å². The Bertz CT molecular complexity index is 536. The Morgan fingerprint density at radius 3 is 2.42 bits per heavy atom. The fourth-order valence-corrected chi connectivity index (χ4v) is 1.61. The van der Waals surface area contributed by atoms with E-state index in [1.165, 1.54) is 0 Å². The van der Waals surface area contributed by atoms with Crippen LogP contribution in [0.5, 0.6) is 23.3 Å².